The summed E-state index contributed by atoms with van der Waals surface area (Å²) in [6.07, 6.45) is 8.97. The third kappa shape index (κ3) is 10.2. The molecule has 13 rings (SSSR count). The van der Waals surface area contributed by atoms with E-state index < -0.39 is 0 Å². The van der Waals surface area contributed by atoms with Gasteiger partial charge in [-0.15, -0.1) is 0 Å². The number of anilines is 11. The second-order valence-corrected chi connectivity index (χ2v) is 21.6. The summed E-state index contributed by atoms with van der Waals surface area (Å²) in [6, 6.07) is 100. The van der Waals surface area contributed by atoms with Crippen molar-refractivity contribution in [3.63, 3.8) is 0 Å². The standard InChI is InChI=1S/C78H64N4/c1-55-21-17-33-67(49-55)81(68-34-18-22-56(2)50-68)71-45-47-73-75(53-71)77(59-37-41-65(42-38-59)79(61-25-9-5-10-26-61)62-27-11-6-12-28-62)74-48-46-72(82(69-35-19-23-57(3)51-69)70-36-20-24-58(4)52-70)54-76(74)78(73)60-39-43-66(44-40-60)80(63-29-13-7-14-30-63)64-31-15-8-16-32-64/h5-7,9-15,17-54H,8,16H2,1-4H3. The van der Waals surface area contributed by atoms with Crippen LogP contribution in [0.15, 0.2) is 297 Å². The lowest BCUT2D eigenvalue weighted by atomic mass is 9.85. The molecule has 0 bridgehead atoms. The number of hydrogen-bond acceptors (Lipinski definition) is 4. The average molecular weight is 1060 g/mol. The van der Waals surface area contributed by atoms with Gasteiger partial charge in [-0.2, -0.15) is 0 Å². The van der Waals surface area contributed by atoms with Crippen LogP contribution in [-0.4, -0.2) is 0 Å². The van der Waals surface area contributed by atoms with E-state index in [0.717, 1.165) is 103 Å². The van der Waals surface area contributed by atoms with Gasteiger partial charge in [0.2, 0.25) is 0 Å². The molecule has 0 aliphatic heterocycles. The lowest BCUT2D eigenvalue weighted by Crippen LogP contribution is -2.16. The van der Waals surface area contributed by atoms with Gasteiger partial charge < -0.3 is 19.6 Å². The molecule has 1 aliphatic carbocycles. The van der Waals surface area contributed by atoms with Gasteiger partial charge in [0.15, 0.2) is 0 Å². The Hall–Kier alpha value is -10.2. The summed E-state index contributed by atoms with van der Waals surface area (Å²) in [7, 11) is 0. The molecule has 0 atom stereocenters. The summed E-state index contributed by atoms with van der Waals surface area (Å²) in [4.78, 5) is 9.56. The second-order valence-electron chi connectivity index (χ2n) is 21.6. The molecule has 4 nitrogen and oxygen atoms in total. The highest BCUT2D eigenvalue weighted by Crippen LogP contribution is 2.50. The van der Waals surface area contributed by atoms with E-state index in [2.05, 4.69) is 339 Å². The largest absolute Gasteiger partial charge is 0.311 e. The van der Waals surface area contributed by atoms with Crippen LogP contribution in [0.1, 0.15) is 35.1 Å². The Bertz CT molecular complexity index is 4190. The molecule has 4 heteroatoms. The van der Waals surface area contributed by atoms with Crippen LogP contribution in [0, 0.1) is 27.7 Å². The van der Waals surface area contributed by atoms with Crippen molar-refractivity contribution in [2.45, 2.75) is 40.5 Å². The molecular weight excluding hydrogens is 993 g/mol. The number of aryl methyl sites for hydroxylation is 4. The van der Waals surface area contributed by atoms with E-state index in [1.807, 2.05) is 0 Å². The molecule has 0 aromatic heterocycles. The van der Waals surface area contributed by atoms with Crippen molar-refractivity contribution in [3.8, 4) is 22.3 Å². The van der Waals surface area contributed by atoms with E-state index in [9.17, 15) is 0 Å². The van der Waals surface area contributed by atoms with E-state index in [0.29, 0.717) is 0 Å². The topological polar surface area (TPSA) is 13.0 Å². The zero-order chi connectivity index (χ0) is 55.5. The summed E-state index contributed by atoms with van der Waals surface area (Å²) >= 11 is 0. The molecule has 396 valence electrons. The Morgan fingerprint density at radius 2 is 0.549 bits per heavy atom. The molecule has 1 aliphatic rings. The number of allylic oxidation sites excluding steroid dienone is 3. The number of nitrogens with zero attached hydrogens (tertiary/aromatic N) is 4. The third-order valence-electron chi connectivity index (χ3n) is 15.7. The lowest BCUT2D eigenvalue weighted by molar-refractivity contribution is 0.997. The molecule has 0 saturated heterocycles. The summed E-state index contributed by atoms with van der Waals surface area (Å²) in [5, 5.41) is 4.66. The quantitative estimate of drug-likeness (QED) is 0.101. The first-order valence-electron chi connectivity index (χ1n) is 28.5. The predicted octanol–water partition coefficient (Wildman–Crippen LogP) is 22.3. The van der Waals surface area contributed by atoms with Gasteiger partial charge in [0.05, 0.1) is 0 Å². The predicted molar refractivity (Wildman–Crippen MR) is 350 cm³/mol. The molecule has 12 aromatic carbocycles. The number of rotatable bonds is 14. The normalized spacial score (nSPS) is 12.1. The van der Waals surface area contributed by atoms with Crippen LogP contribution in [0.2, 0.25) is 0 Å². The molecule has 82 heavy (non-hydrogen) atoms. The minimum atomic E-state index is 1.01. The van der Waals surface area contributed by atoms with E-state index >= 15 is 0 Å². The monoisotopic (exact) mass is 1060 g/mol. The van der Waals surface area contributed by atoms with Gasteiger partial charge in [-0.25, -0.2) is 0 Å². The van der Waals surface area contributed by atoms with Crippen molar-refractivity contribution in [1.82, 2.24) is 0 Å². The highest BCUT2D eigenvalue weighted by molar-refractivity contribution is 6.23. The molecule has 0 radical (unpaired) electrons. The highest BCUT2D eigenvalue weighted by Gasteiger charge is 2.24. The number of hydrogen-bond donors (Lipinski definition) is 0. The Kier molecular flexibility index (Phi) is 14.1. The minimum absolute atomic E-state index is 1.01. The molecule has 0 unspecified atom stereocenters. The molecule has 0 saturated carbocycles. The van der Waals surface area contributed by atoms with Crippen LogP contribution in [0.5, 0.6) is 0 Å². The van der Waals surface area contributed by atoms with Gasteiger partial charge >= 0.3 is 0 Å². The van der Waals surface area contributed by atoms with Gasteiger partial charge in [0.1, 0.15) is 0 Å². The number of benzene rings is 12. The van der Waals surface area contributed by atoms with E-state index in [1.54, 1.807) is 0 Å². The maximum atomic E-state index is 2.45. The molecule has 0 amide bonds. The highest BCUT2D eigenvalue weighted by atomic mass is 15.2. The Labute approximate surface area is 483 Å². The van der Waals surface area contributed by atoms with Crippen LogP contribution in [0.4, 0.5) is 62.6 Å². The van der Waals surface area contributed by atoms with Crippen molar-refractivity contribution in [3.05, 3.63) is 319 Å². The molecule has 0 N–H and O–H groups in total. The van der Waals surface area contributed by atoms with Crippen molar-refractivity contribution in [1.29, 1.82) is 0 Å². The molecular formula is C78H64N4. The van der Waals surface area contributed by atoms with Crippen LogP contribution in [0.3, 0.4) is 0 Å². The molecule has 0 spiro atoms. The van der Waals surface area contributed by atoms with Gasteiger partial charge in [0, 0.05) is 68.3 Å². The second kappa shape index (κ2) is 22.5. The zero-order valence-corrected chi connectivity index (χ0v) is 46.9. The van der Waals surface area contributed by atoms with Gasteiger partial charge in [-0.05, 0) is 246 Å². The van der Waals surface area contributed by atoms with Crippen molar-refractivity contribution < 1.29 is 0 Å². The summed E-state index contributed by atoms with van der Waals surface area (Å²) in [5.74, 6) is 0. The van der Waals surface area contributed by atoms with Crippen molar-refractivity contribution in [2.24, 2.45) is 0 Å². The molecule has 0 fully saturated rings. The van der Waals surface area contributed by atoms with Crippen LogP contribution < -0.4 is 19.6 Å². The third-order valence-corrected chi connectivity index (χ3v) is 15.7. The van der Waals surface area contributed by atoms with Crippen LogP contribution in [0.25, 0.3) is 43.8 Å². The van der Waals surface area contributed by atoms with Gasteiger partial charge in [-0.3, -0.25) is 0 Å². The SMILES string of the molecule is Cc1cccc(N(c2cccc(C)c2)c2ccc3c(-c4ccc(N(c5ccccc5)c5ccccc5)cc4)c4cc(N(c5cccc(C)c5)c5cccc(C)c5)ccc4c(-c4ccc(N(C5=CCCC=C5)c5ccccc5)cc4)c3c2)c1. The lowest BCUT2D eigenvalue weighted by Gasteiger charge is -2.29. The fraction of sp³-hybridized carbons (Fsp3) is 0.0769. The van der Waals surface area contributed by atoms with Crippen molar-refractivity contribution >= 4 is 84.1 Å². The minimum Gasteiger partial charge on any atom is -0.311 e. The number of para-hydroxylation sites is 3. The van der Waals surface area contributed by atoms with Gasteiger partial charge in [-0.1, -0.05) is 152 Å². The average Bonchev–Trinajstić information content (AvgIpc) is 2.86. The first-order valence-corrected chi connectivity index (χ1v) is 28.5. The smallest absolute Gasteiger partial charge is 0.0468 e. The van der Waals surface area contributed by atoms with E-state index in [1.165, 1.54) is 44.5 Å². The van der Waals surface area contributed by atoms with Gasteiger partial charge in [0.25, 0.3) is 0 Å². The zero-order valence-electron chi connectivity index (χ0n) is 46.9. The Balaban J connectivity index is 1.10. The Morgan fingerprint density at radius 1 is 0.244 bits per heavy atom. The van der Waals surface area contributed by atoms with E-state index in [-0.39, 0.29) is 0 Å². The Morgan fingerprint density at radius 3 is 0.902 bits per heavy atom. The van der Waals surface area contributed by atoms with E-state index in [4.69, 9.17) is 0 Å². The summed E-state index contributed by atoms with van der Waals surface area (Å²) < 4.78 is 0. The first-order chi connectivity index (χ1) is 40.3. The maximum Gasteiger partial charge on any atom is 0.0468 e. The first kappa shape index (κ1) is 51.3. The molecule has 0 heterocycles. The van der Waals surface area contributed by atoms with Crippen LogP contribution in [-0.2, 0) is 0 Å². The van der Waals surface area contributed by atoms with Crippen LogP contribution >= 0.6 is 0 Å². The number of fused-ring (bicyclic) bond motifs is 2. The summed E-state index contributed by atoms with van der Waals surface area (Å²) in [5.41, 5.74) is 22.7. The van der Waals surface area contributed by atoms with Crippen molar-refractivity contribution in [2.75, 3.05) is 19.6 Å². The molecule has 12 aromatic rings. The fourth-order valence-corrected chi connectivity index (χ4v) is 12.0. The summed E-state index contributed by atoms with van der Waals surface area (Å²) in [6.45, 7) is 8.71. The fourth-order valence-electron chi connectivity index (χ4n) is 12.0. The maximum absolute atomic E-state index is 2.45.